The van der Waals surface area contributed by atoms with Crippen LogP contribution in [-0.4, -0.2) is 52.0 Å². The smallest absolute Gasteiger partial charge is 0.408 e. The Morgan fingerprint density at radius 2 is 1.60 bits per heavy atom. The number of phenolic OH excluding ortho intramolecular Hbond substituents is 1. The number of hydrogen-bond acceptors (Lipinski definition) is 6. The third-order valence-corrected chi connectivity index (χ3v) is 6.98. The number of ether oxygens (including phenoxy) is 1. The van der Waals surface area contributed by atoms with Gasteiger partial charge in [0.05, 0.1) is 0 Å². The number of nitrogens with zero attached hydrogens (tertiary/aromatic N) is 1. The Labute approximate surface area is 255 Å². The third-order valence-electron chi connectivity index (χ3n) is 6.98. The fraction of sp³-hybridized carbons (Fsp3) is 0.515. The van der Waals surface area contributed by atoms with Crippen LogP contribution in [0.2, 0.25) is 0 Å². The number of benzene rings is 2. The van der Waals surface area contributed by atoms with Gasteiger partial charge in [-0.25, -0.2) is 4.79 Å². The number of anilines is 1. The van der Waals surface area contributed by atoms with Gasteiger partial charge in [-0.2, -0.15) is 0 Å². The fourth-order valence-corrected chi connectivity index (χ4v) is 4.71. The lowest BCUT2D eigenvalue weighted by Gasteiger charge is -2.35. The molecule has 0 fully saturated rings. The van der Waals surface area contributed by atoms with E-state index in [0.717, 1.165) is 31.2 Å². The summed E-state index contributed by atoms with van der Waals surface area (Å²) in [5.74, 6) is -1.86. The Hall–Kier alpha value is -4.08. The molecule has 2 aromatic carbocycles. The molecule has 2 atom stereocenters. The molecule has 0 aliphatic heterocycles. The molecule has 0 bridgehead atoms. The van der Waals surface area contributed by atoms with Gasteiger partial charge >= 0.3 is 6.09 Å². The molecule has 2 aromatic rings. The zero-order chi connectivity index (χ0) is 32.2. The normalized spacial score (nSPS) is 12.6. The minimum atomic E-state index is -1.24. The lowest BCUT2D eigenvalue weighted by molar-refractivity contribution is -0.141. The number of unbranched alkanes of at least 4 members (excludes halogenated alkanes) is 4. The van der Waals surface area contributed by atoms with Gasteiger partial charge in [0.25, 0.3) is 5.91 Å². The number of para-hydroxylation sites is 2. The van der Waals surface area contributed by atoms with Gasteiger partial charge in [0, 0.05) is 24.2 Å². The number of hydrogen-bond donors (Lipinski definition) is 4. The highest BCUT2D eigenvalue weighted by atomic mass is 16.6. The quantitative estimate of drug-likeness (QED) is 0.195. The minimum Gasteiger partial charge on any atom is -0.507 e. The van der Waals surface area contributed by atoms with Crippen LogP contribution in [0.3, 0.4) is 0 Å². The highest BCUT2D eigenvalue weighted by Crippen LogP contribution is 2.34. The SMILES string of the molecule is CCCCCCCN(C(=O)C(CCC(N)=O)NC(=O)OC(C)(C)C)C(C(=O)Nc1ccccc1C)c1cccc(C)c1O. The van der Waals surface area contributed by atoms with Crippen LogP contribution in [0.1, 0.15) is 95.4 Å². The summed E-state index contributed by atoms with van der Waals surface area (Å²) in [5, 5.41) is 16.7. The molecule has 4 amide bonds. The van der Waals surface area contributed by atoms with E-state index in [1.54, 1.807) is 58.0 Å². The number of nitrogens with two attached hydrogens (primary N) is 1. The van der Waals surface area contributed by atoms with Crippen molar-refractivity contribution in [2.24, 2.45) is 5.73 Å². The first-order chi connectivity index (χ1) is 20.2. The summed E-state index contributed by atoms with van der Waals surface area (Å²) >= 11 is 0. The molecule has 2 rings (SSSR count). The fourth-order valence-electron chi connectivity index (χ4n) is 4.71. The van der Waals surface area contributed by atoms with Gasteiger partial charge in [-0.05, 0) is 64.7 Å². The van der Waals surface area contributed by atoms with E-state index in [9.17, 15) is 24.3 Å². The zero-order valence-corrected chi connectivity index (χ0v) is 26.4. The summed E-state index contributed by atoms with van der Waals surface area (Å²) < 4.78 is 5.39. The maximum atomic E-state index is 14.4. The van der Waals surface area contributed by atoms with Crippen molar-refractivity contribution in [3.63, 3.8) is 0 Å². The topological polar surface area (TPSA) is 151 Å². The Balaban J connectivity index is 2.61. The van der Waals surface area contributed by atoms with Gasteiger partial charge in [0.15, 0.2) is 0 Å². The van der Waals surface area contributed by atoms with Crippen molar-refractivity contribution in [3.05, 3.63) is 59.2 Å². The van der Waals surface area contributed by atoms with Crippen molar-refractivity contribution in [3.8, 4) is 5.75 Å². The molecule has 2 unspecified atom stereocenters. The molecule has 10 nitrogen and oxygen atoms in total. The molecule has 0 saturated carbocycles. The van der Waals surface area contributed by atoms with Gasteiger partial charge in [-0.15, -0.1) is 0 Å². The van der Waals surface area contributed by atoms with Crippen LogP contribution in [0.4, 0.5) is 10.5 Å². The van der Waals surface area contributed by atoms with E-state index in [4.69, 9.17) is 10.5 Å². The number of carbonyl (C=O) groups is 4. The first-order valence-corrected chi connectivity index (χ1v) is 15.0. The number of aromatic hydroxyl groups is 1. The molecule has 5 N–H and O–H groups in total. The van der Waals surface area contributed by atoms with Crippen molar-refractivity contribution in [1.29, 1.82) is 0 Å². The van der Waals surface area contributed by atoms with Crippen molar-refractivity contribution in [2.45, 2.75) is 104 Å². The number of aryl methyl sites for hydroxylation is 2. The molecule has 0 saturated heterocycles. The second-order valence-corrected chi connectivity index (χ2v) is 11.9. The number of alkyl carbamates (subject to hydrolysis) is 1. The standard InChI is InChI=1S/C33H48N4O6/c1-7-8-9-10-13-21-37(31(41)26(19-20-27(34)38)36-32(42)43-33(4,5)6)28(24-17-14-16-23(3)29(24)39)30(40)35-25-18-12-11-15-22(25)2/h11-12,14-18,26,28,39H,7-10,13,19-21H2,1-6H3,(H2,34,38)(H,35,40)(H,36,42). The van der Waals surface area contributed by atoms with Crippen LogP contribution >= 0.6 is 0 Å². The third kappa shape index (κ3) is 11.3. The van der Waals surface area contributed by atoms with Crippen molar-refractivity contribution >= 4 is 29.5 Å². The summed E-state index contributed by atoms with van der Waals surface area (Å²) in [5.41, 5.74) is 6.76. The van der Waals surface area contributed by atoms with Crippen LogP contribution in [0, 0.1) is 13.8 Å². The predicted octanol–water partition coefficient (Wildman–Crippen LogP) is 5.65. The molecule has 0 spiro atoms. The first kappa shape index (κ1) is 35.1. The van der Waals surface area contributed by atoms with E-state index < -0.39 is 41.5 Å². The maximum absolute atomic E-state index is 14.4. The van der Waals surface area contributed by atoms with E-state index in [-0.39, 0.29) is 30.7 Å². The summed E-state index contributed by atoms with van der Waals surface area (Å²) in [6.07, 6.45) is 3.32. The van der Waals surface area contributed by atoms with Crippen LogP contribution in [0.15, 0.2) is 42.5 Å². The lowest BCUT2D eigenvalue weighted by atomic mass is 9.97. The van der Waals surface area contributed by atoms with E-state index in [2.05, 4.69) is 17.6 Å². The number of nitrogens with one attached hydrogen (secondary N) is 2. The van der Waals surface area contributed by atoms with Gasteiger partial charge in [-0.1, -0.05) is 69.0 Å². The highest BCUT2D eigenvalue weighted by molar-refractivity contribution is 6.00. The maximum Gasteiger partial charge on any atom is 0.408 e. The molecule has 236 valence electrons. The molecule has 10 heteroatoms. The van der Waals surface area contributed by atoms with Gasteiger partial charge in [-0.3, -0.25) is 14.4 Å². The Kier molecular flexibility index (Phi) is 13.5. The second-order valence-electron chi connectivity index (χ2n) is 11.9. The first-order valence-electron chi connectivity index (χ1n) is 15.0. The van der Waals surface area contributed by atoms with Gasteiger partial charge < -0.3 is 31.1 Å². The van der Waals surface area contributed by atoms with E-state index in [0.29, 0.717) is 17.7 Å². The predicted molar refractivity (Wildman–Crippen MR) is 167 cm³/mol. The summed E-state index contributed by atoms with van der Waals surface area (Å²) in [7, 11) is 0. The molecule has 0 aliphatic carbocycles. The van der Waals surface area contributed by atoms with Crippen molar-refractivity contribution < 1.29 is 29.0 Å². The van der Waals surface area contributed by atoms with Crippen LogP contribution in [0.25, 0.3) is 0 Å². The molecule has 0 aliphatic rings. The van der Waals surface area contributed by atoms with Gasteiger partial charge in [0.2, 0.25) is 11.8 Å². The van der Waals surface area contributed by atoms with Crippen molar-refractivity contribution in [1.82, 2.24) is 10.2 Å². The number of rotatable bonds is 15. The molecular weight excluding hydrogens is 548 g/mol. The number of phenols is 1. The second kappa shape index (κ2) is 16.5. The molecule has 0 aromatic heterocycles. The van der Waals surface area contributed by atoms with Crippen LogP contribution in [-0.2, 0) is 19.1 Å². The Morgan fingerprint density at radius 3 is 2.23 bits per heavy atom. The monoisotopic (exact) mass is 596 g/mol. The number of primary amides is 1. The van der Waals surface area contributed by atoms with E-state index in [1.807, 2.05) is 19.1 Å². The van der Waals surface area contributed by atoms with Crippen molar-refractivity contribution in [2.75, 3.05) is 11.9 Å². The molecule has 0 radical (unpaired) electrons. The summed E-state index contributed by atoms with van der Waals surface area (Å²) in [4.78, 5) is 54.4. The minimum absolute atomic E-state index is 0.0916. The van der Waals surface area contributed by atoms with Gasteiger partial charge in [0.1, 0.15) is 23.4 Å². The van der Waals surface area contributed by atoms with Crippen LogP contribution < -0.4 is 16.4 Å². The average Bonchev–Trinajstić information content (AvgIpc) is 2.92. The molecular formula is C33H48N4O6. The molecule has 0 heterocycles. The highest BCUT2D eigenvalue weighted by Gasteiger charge is 2.37. The average molecular weight is 597 g/mol. The summed E-state index contributed by atoms with van der Waals surface area (Å²) in [6.45, 7) is 10.9. The number of carbonyl (C=O) groups excluding carboxylic acids is 4. The lowest BCUT2D eigenvalue weighted by Crippen LogP contribution is -2.53. The van der Waals surface area contributed by atoms with E-state index >= 15 is 0 Å². The summed E-state index contributed by atoms with van der Waals surface area (Å²) in [6, 6.07) is 9.86. The zero-order valence-electron chi connectivity index (χ0n) is 26.4. The van der Waals surface area contributed by atoms with Crippen LogP contribution in [0.5, 0.6) is 5.75 Å². The van der Waals surface area contributed by atoms with E-state index in [1.165, 1.54) is 4.90 Å². The largest absolute Gasteiger partial charge is 0.507 e. The number of amides is 4. The Morgan fingerprint density at radius 1 is 0.953 bits per heavy atom. The Bertz CT molecular complexity index is 1260. The molecule has 43 heavy (non-hydrogen) atoms.